The molecule has 2 aromatic heterocycles. The minimum absolute atomic E-state index is 0.0197. The van der Waals surface area contributed by atoms with Gasteiger partial charge in [-0.2, -0.15) is 0 Å². The van der Waals surface area contributed by atoms with Crippen LogP contribution in [-0.2, 0) is 4.79 Å². The van der Waals surface area contributed by atoms with Crippen molar-refractivity contribution < 1.29 is 9.59 Å². The third-order valence-electron chi connectivity index (χ3n) is 5.49. The van der Waals surface area contributed by atoms with Crippen molar-refractivity contribution in [1.82, 2.24) is 14.5 Å². The molecule has 0 bridgehead atoms. The summed E-state index contributed by atoms with van der Waals surface area (Å²) in [6.07, 6.45) is 6.62. The van der Waals surface area contributed by atoms with Crippen molar-refractivity contribution in [2.45, 2.75) is 19.8 Å². The summed E-state index contributed by atoms with van der Waals surface area (Å²) in [5.74, 6) is -0.0973. The van der Waals surface area contributed by atoms with Crippen molar-refractivity contribution >= 4 is 33.4 Å². The van der Waals surface area contributed by atoms with Crippen molar-refractivity contribution in [3.05, 3.63) is 76.8 Å². The van der Waals surface area contributed by atoms with Gasteiger partial charge in [0.2, 0.25) is 5.91 Å². The van der Waals surface area contributed by atoms with Crippen LogP contribution in [0.1, 0.15) is 28.9 Å². The van der Waals surface area contributed by atoms with E-state index in [4.69, 9.17) is 0 Å². The second kappa shape index (κ2) is 8.83. The Hall–Kier alpha value is -2.93. The van der Waals surface area contributed by atoms with Gasteiger partial charge in [-0.15, -0.1) is 0 Å². The fourth-order valence-electron chi connectivity index (χ4n) is 3.79. The monoisotopic (exact) mass is 466 g/mol. The Labute approximate surface area is 184 Å². The maximum atomic E-state index is 13.1. The molecule has 1 fully saturated rings. The lowest BCUT2D eigenvalue weighted by Gasteiger charge is -2.31. The minimum Gasteiger partial charge on any atom is -0.337 e. The van der Waals surface area contributed by atoms with E-state index in [-0.39, 0.29) is 17.7 Å². The van der Waals surface area contributed by atoms with E-state index >= 15 is 0 Å². The van der Waals surface area contributed by atoms with Gasteiger partial charge < -0.3 is 14.8 Å². The summed E-state index contributed by atoms with van der Waals surface area (Å²) in [6, 6.07) is 13.3. The third kappa shape index (κ3) is 4.31. The van der Waals surface area contributed by atoms with Crippen LogP contribution in [0.3, 0.4) is 0 Å². The molecule has 1 aliphatic heterocycles. The van der Waals surface area contributed by atoms with Crippen LogP contribution in [-0.4, -0.2) is 39.4 Å². The van der Waals surface area contributed by atoms with Gasteiger partial charge >= 0.3 is 0 Å². The summed E-state index contributed by atoms with van der Waals surface area (Å²) in [6.45, 7) is 3.10. The number of benzene rings is 1. The predicted molar refractivity (Wildman–Crippen MR) is 120 cm³/mol. The molecule has 3 heterocycles. The molecule has 0 atom stereocenters. The van der Waals surface area contributed by atoms with E-state index in [2.05, 4.69) is 26.2 Å². The van der Waals surface area contributed by atoms with Gasteiger partial charge in [0.15, 0.2) is 0 Å². The molecule has 1 saturated heterocycles. The summed E-state index contributed by atoms with van der Waals surface area (Å²) >= 11 is 3.44. The van der Waals surface area contributed by atoms with E-state index < -0.39 is 0 Å². The first-order valence-corrected chi connectivity index (χ1v) is 10.8. The number of amides is 2. The SMILES string of the molecule is Cc1cc(Br)ccc1NC(=O)C1CCN(C(=O)c2cccn2-c2cccnc2)CC1. The average molecular weight is 467 g/mol. The quantitative estimate of drug-likeness (QED) is 0.617. The Balaban J connectivity index is 1.38. The number of hydrogen-bond donors (Lipinski definition) is 1. The third-order valence-corrected chi connectivity index (χ3v) is 5.98. The molecule has 154 valence electrons. The largest absolute Gasteiger partial charge is 0.337 e. The lowest BCUT2D eigenvalue weighted by atomic mass is 9.95. The maximum absolute atomic E-state index is 13.1. The minimum atomic E-state index is -0.0952. The molecule has 3 aromatic rings. The first-order valence-electron chi connectivity index (χ1n) is 9.97. The first-order chi connectivity index (χ1) is 14.5. The summed E-state index contributed by atoms with van der Waals surface area (Å²) in [5, 5.41) is 3.04. The van der Waals surface area contributed by atoms with Gasteiger partial charge in [-0.3, -0.25) is 14.6 Å². The van der Waals surface area contributed by atoms with Gasteiger partial charge in [0.25, 0.3) is 5.91 Å². The smallest absolute Gasteiger partial charge is 0.270 e. The number of hydrogen-bond acceptors (Lipinski definition) is 3. The highest BCUT2D eigenvalue weighted by molar-refractivity contribution is 9.10. The van der Waals surface area contributed by atoms with Crippen molar-refractivity contribution in [3.63, 3.8) is 0 Å². The number of nitrogens with one attached hydrogen (secondary N) is 1. The lowest BCUT2D eigenvalue weighted by Crippen LogP contribution is -2.42. The normalized spacial score (nSPS) is 14.5. The number of aryl methyl sites for hydroxylation is 1. The number of carbonyl (C=O) groups excluding carboxylic acids is 2. The lowest BCUT2D eigenvalue weighted by molar-refractivity contribution is -0.121. The van der Waals surface area contributed by atoms with Crippen LogP contribution in [0, 0.1) is 12.8 Å². The molecule has 6 nitrogen and oxygen atoms in total. The standard InChI is InChI=1S/C23H23BrN4O2/c1-16-14-18(24)6-7-20(16)26-22(29)17-8-12-27(13-9-17)23(30)21-5-3-11-28(21)19-4-2-10-25-15-19/h2-7,10-11,14-15,17H,8-9,12-13H2,1H3,(H,26,29). The van der Waals surface area contributed by atoms with Crippen molar-refractivity contribution in [2.24, 2.45) is 5.92 Å². The van der Waals surface area contributed by atoms with Crippen LogP contribution in [0.5, 0.6) is 0 Å². The molecule has 1 aliphatic rings. The number of anilines is 1. The summed E-state index contributed by atoms with van der Waals surface area (Å²) < 4.78 is 2.84. The number of aromatic nitrogens is 2. The molecule has 2 amide bonds. The number of piperidine rings is 1. The maximum Gasteiger partial charge on any atom is 0.270 e. The van der Waals surface area contributed by atoms with Gasteiger partial charge in [0, 0.05) is 41.6 Å². The fourth-order valence-corrected chi connectivity index (χ4v) is 4.26. The number of likely N-dealkylation sites (tertiary alicyclic amines) is 1. The Morgan fingerprint density at radius 2 is 1.93 bits per heavy atom. The highest BCUT2D eigenvalue weighted by Gasteiger charge is 2.29. The highest BCUT2D eigenvalue weighted by Crippen LogP contribution is 2.24. The van der Waals surface area contributed by atoms with Crippen LogP contribution >= 0.6 is 15.9 Å². The molecule has 30 heavy (non-hydrogen) atoms. The number of nitrogens with zero attached hydrogens (tertiary/aromatic N) is 3. The Kier molecular flexibility index (Phi) is 5.99. The molecule has 0 radical (unpaired) electrons. The molecular weight excluding hydrogens is 444 g/mol. The van der Waals surface area contributed by atoms with Crippen molar-refractivity contribution in [2.75, 3.05) is 18.4 Å². The second-order valence-electron chi connectivity index (χ2n) is 7.49. The molecule has 0 spiro atoms. The molecular formula is C23H23BrN4O2. The first kappa shape index (κ1) is 20.3. The second-order valence-corrected chi connectivity index (χ2v) is 8.41. The van der Waals surface area contributed by atoms with E-state index in [9.17, 15) is 9.59 Å². The summed E-state index contributed by atoms with van der Waals surface area (Å²) in [4.78, 5) is 31.8. The number of halogens is 1. The molecule has 1 N–H and O–H groups in total. The average Bonchev–Trinajstić information content (AvgIpc) is 3.26. The van der Waals surface area contributed by atoms with Gasteiger partial charge in [-0.1, -0.05) is 15.9 Å². The van der Waals surface area contributed by atoms with E-state index in [1.807, 2.05) is 65.1 Å². The van der Waals surface area contributed by atoms with E-state index in [1.54, 1.807) is 12.4 Å². The Morgan fingerprint density at radius 1 is 1.13 bits per heavy atom. The van der Waals surface area contributed by atoms with Crippen LogP contribution in [0.15, 0.2) is 65.5 Å². The zero-order valence-electron chi connectivity index (χ0n) is 16.7. The zero-order valence-corrected chi connectivity index (χ0v) is 18.3. The molecule has 1 aromatic carbocycles. The molecule has 0 saturated carbocycles. The van der Waals surface area contributed by atoms with Crippen LogP contribution < -0.4 is 5.32 Å². The topological polar surface area (TPSA) is 67.2 Å². The summed E-state index contributed by atoms with van der Waals surface area (Å²) in [5.41, 5.74) is 3.30. The molecule has 7 heteroatoms. The highest BCUT2D eigenvalue weighted by atomic mass is 79.9. The van der Waals surface area contributed by atoms with E-state index in [0.717, 1.165) is 21.4 Å². The van der Waals surface area contributed by atoms with E-state index in [0.29, 0.717) is 31.6 Å². The van der Waals surface area contributed by atoms with Crippen LogP contribution in [0.25, 0.3) is 5.69 Å². The van der Waals surface area contributed by atoms with Gasteiger partial charge in [0.05, 0.1) is 11.9 Å². The fraction of sp³-hybridized carbons (Fsp3) is 0.261. The van der Waals surface area contributed by atoms with Crippen molar-refractivity contribution in [3.8, 4) is 5.69 Å². The van der Waals surface area contributed by atoms with Crippen LogP contribution in [0.4, 0.5) is 5.69 Å². The number of pyridine rings is 1. The molecule has 4 rings (SSSR count). The predicted octanol–water partition coefficient (Wildman–Crippen LogP) is 4.43. The number of rotatable bonds is 4. The van der Waals surface area contributed by atoms with Crippen molar-refractivity contribution in [1.29, 1.82) is 0 Å². The van der Waals surface area contributed by atoms with Gasteiger partial charge in [0.1, 0.15) is 5.69 Å². The zero-order chi connectivity index (χ0) is 21.1. The molecule has 0 aliphatic carbocycles. The Bertz CT molecular complexity index is 1060. The molecule has 0 unspecified atom stereocenters. The van der Waals surface area contributed by atoms with Crippen LogP contribution in [0.2, 0.25) is 0 Å². The number of carbonyl (C=O) groups is 2. The Morgan fingerprint density at radius 3 is 2.63 bits per heavy atom. The van der Waals surface area contributed by atoms with Gasteiger partial charge in [-0.25, -0.2) is 0 Å². The summed E-state index contributed by atoms with van der Waals surface area (Å²) in [7, 11) is 0. The van der Waals surface area contributed by atoms with E-state index in [1.165, 1.54) is 0 Å². The van der Waals surface area contributed by atoms with Gasteiger partial charge in [-0.05, 0) is 67.8 Å².